The third-order valence-corrected chi connectivity index (χ3v) is 5.97. The smallest absolute Gasteiger partial charge is 0.425 e. The van der Waals surface area contributed by atoms with E-state index >= 15 is 0 Å². The summed E-state index contributed by atoms with van der Waals surface area (Å²) in [6.07, 6.45) is -3.57. The molecule has 0 aromatic heterocycles. The molecule has 0 aliphatic carbocycles. The summed E-state index contributed by atoms with van der Waals surface area (Å²) in [4.78, 5) is 0. The minimum absolute atomic E-state index is 0.142. The van der Waals surface area contributed by atoms with E-state index in [2.05, 4.69) is 0 Å². The number of halogens is 3. The second-order valence-electron chi connectivity index (χ2n) is 3.84. The molecule has 1 fully saturated rings. The van der Waals surface area contributed by atoms with E-state index in [9.17, 15) is 13.2 Å². The van der Waals surface area contributed by atoms with Gasteiger partial charge in [0.15, 0.2) is 0 Å². The maximum absolute atomic E-state index is 12.0. The Morgan fingerprint density at radius 1 is 1.00 bits per heavy atom. The lowest BCUT2D eigenvalue weighted by atomic mass is 10.4. The molecular formula is C6H19F3NO3Si3+. The van der Waals surface area contributed by atoms with Gasteiger partial charge >= 0.3 is 6.30 Å². The number of quaternary nitrogens is 1. The predicted octanol–water partition coefficient (Wildman–Crippen LogP) is -0.961. The van der Waals surface area contributed by atoms with Gasteiger partial charge in [-0.2, -0.15) is 0 Å². The zero-order valence-corrected chi connectivity index (χ0v) is 14.1. The number of alkyl halides is 3. The van der Waals surface area contributed by atoms with E-state index in [1.807, 2.05) is 0 Å². The summed E-state index contributed by atoms with van der Waals surface area (Å²) in [6, 6.07) is 0. The van der Waals surface area contributed by atoms with E-state index in [0.717, 1.165) is 0 Å². The van der Waals surface area contributed by atoms with Crippen LogP contribution in [-0.4, -0.2) is 61.4 Å². The van der Waals surface area contributed by atoms with Gasteiger partial charge in [-0.3, -0.25) is 0 Å². The van der Waals surface area contributed by atoms with E-state index in [1.165, 1.54) is 14.1 Å². The Morgan fingerprint density at radius 2 is 1.38 bits per heavy atom. The molecule has 1 aliphatic heterocycles. The first kappa shape index (κ1) is 16.3. The molecule has 0 bridgehead atoms. The molecular weight excluding hydrogens is 275 g/mol. The van der Waals surface area contributed by atoms with Gasteiger partial charge < -0.3 is 12.3 Å². The first-order valence-electron chi connectivity index (χ1n) is 4.94. The highest BCUT2D eigenvalue weighted by molar-refractivity contribution is 6.50. The molecule has 16 heavy (non-hydrogen) atoms. The highest BCUT2D eigenvalue weighted by atomic mass is 28.4. The third-order valence-electron chi connectivity index (χ3n) is 1.97. The van der Waals surface area contributed by atoms with Crippen LogP contribution in [0.1, 0.15) is 13.3 Å². The number of rotatable bonds is 2. The van der Waals surface area contributed by atoms with E-state index in [-0.39, 0.29) is 6.54 Å². The molecule has 10 heteroatoms. The minimum atomic E-state index is -4.12. The van der Waals surface area contributed by atoms with Crippen LogP contribution in [0.25, 0.3) is 0 Å². The molecule has 0 saturated carbocycles. The van der Waals surface area contributed by atoms with Crippen molar-refractivity contribution in [3.05, 3.63) is 0 Å². The summed E-state index contributed by atoms with van der Waals surface area (Å²) in [5.74, 6) is 0. The van der Waals surface area contributed by atoms with Gasteiger partial charge in [0.1, 0.15) is 0 Å². The second kappa shape index (κ2) is 7.58. The molecule has 0 spiro atoms. The van der Waals surface area contributed by atoms with Crippen molar-refractivity contribution in [1.82, 2.24) is 0 Å². The maximum atomic E-state index is 12.0. The zero-order valence-electron chi connectivity index (χ0n) is 9.84. The van der Waals surface area contributed by atoms with Crippen LogP contribution in [0, 0.1) is 0 Å². The largest absolute Gasteiger partial charge is 0.560 e. The molecule has 1 aliphatic rings. The fourth-order valence-electron chi connectivity index (χ4n) is 0.965. The van der Waals surface area contributed by atoms with Crippen molar-refractivity contribution in [2.45, 2.75) is 19.6 Å². The van der Waals surface area contributed by atoms with Crippen LogP contribution in [0.3, 0.4) is 0 Å². The van der Waals surface area contributed by atoms with Crippen LogP contribution in [0.5, 0.6) is 0 Å². The molecule has 98 valence electrons. The lowest BCUT2D eigenvalue weighted by Crippen LogP contribution is -2.51. The monoisotopic (exact) mass is 294 g/mol. The molecule has 0 unspecified atom stereocenters. The minimum Gasteiger partial charge on any atom is -0.425 e. The van der Waals surface area contributed by atoms with Crippen LogP contribution < -0.4 is 0 Å². The van der Waals surface area contributed by atoms with Gasteiger partial charge in [-0.15, -0.1) is 13.2 Å². The fourth-order valence-corrected chi connectivity index (χ4v) is 6.38. The number of nitrogens with zero attached hydrogens (tertiary/aromatic N) is 1. The predicted molar refractivity (Wildman–Crippen MR) is 62.2 cm³/mol. The van der Waals surface area contributed by atoms with Gasteiger partial charge in [-0.25, -0.2) is 4.48 Å². The van der Waals surface area contributed by atoms with Crippen molar-refractivity contribution >= 4 is 30.0 Å². The van der Waals surface area contributed by atoms with Crippen molar-refractivity contribution in [2.75, 3.05) is 20.6 Å². The lowest BCUT2D eigenvalue weighted by molar-refractivity contribution is -0.997. The summed E-state index contributed by atoms with van der Waals surface area (Å²) in [6.45, 7) is 1.88. The normalized spacial score (nSPS) is 22.1. The Morgan fingerprint density at radius 3 is 1.50 bits per heavy atom. The fraction of sp³-hybridized carbons (Fsp3) is 1.00. The van der Waals surface area contributed by atoms with Crippen LogP contribution in [0.2, 0.25) is 0 Å². The molecule has 0 amide bonds. The van der Waals surface area contributed by atoms with Crippen molar-refractivity contribution in [2.24, 2.45) is 0 Å². The Labute approximate surface area is 101 Å². The number of hydrogen-bond donors (Lipinski definition) is 0. The van der Waals surface area contributed by atoms with Gasteiger partial charge in [-0.1, -0.05) is 6.92 Å². The zero-order chi connectivity index (χ0) is 12.7. The highest BCUT2D eigenvalue weighted by Gasteiger charge is 2.47. The Kier molecular flexibility index (Phi) is 7.71. The van der Waals surface area contributed by atoms with Crippen molar-refractivity contribution in [1.29, 1.82) is 0 Å². The average molecular weight is 294 g/mol. The van der Waals surface area contributed by atoms with Crippen LogP contribution in [0.4, 0.5) is 13.2 Å². The van der Waals surface area contributed by atoms with Gasteiger partial charge in [0.25, 0.3) is 30.0 Å². The first-order valence-corrected chi connectivity index (χ1v) is 8.40. The second-order valence-corrected chi connectivity index (χ2v) is 9.45. The molecule has 1 heterocycles. The van der Waals surface area contributed by atoms with Crippen LogP contribution >= 0.6 is 0 Å². The summed E-state index contributed by atoms with van der Waals surface area (Å²) >= 11 is 0. The molecule has 0 radical (unpaired) electrons. The topological polar surface area (TPSA) is 27.7 Å². The first-order chi connectivity index (χ1) is 7.31. The van der Waals surface area contributed by atoms with Gasteiger partial charge in [0, 0.05) is 0 Å². The van der Waals surface area contributed by atoms with Crippen molar-refractivity contribution in [3.8, 4) is 0 Å². The van der Waals surface area contributed by atoms with E-state index < -0.39 is 40.8 Å². The molecule has 0 N–H and O–H groups in total. The van der Waals surface area contributed by atoms with Gasteiger partial charge in [-0.05, 0) is 6.42 Å². The van der Waals surface area contributed by atoms with E-state index in [0.29, 0.717) is 6.42 Å². The highest BCUT2D eigenvalue weighted by Crippen LogP contribution is 2.25. The summed E-state index contributed by atoms with van der Waals surface area (Å²) < 4.78 is 49.9. The number of hydrogen-bond acceptors (Lipinski definition) is 3. The summed E-state index contributed by atoms with van der Waals surface area (Å²) in [7, 11) is 0.861. The third kappa shape index (κ3) is 6.78. The molecule has 1 rings (SSSR count). The van der Waals surface area contributed by atoms with E-state index in [4.69, 9.17) is 12.3 Å². The summed E-state index contributed by atoms with van der Waals surface area (Å²) in [5.41, 5.74) is 0. The Bertz CT molecular complexity index is 178. The quantitative estimate of drug-likeness (QED) is 0.373. The molecule has 4 nitrogen and oxygen atoms in total. The van der Waals surface area contributed by atoms with Crippen LogP contribution in [-0.2, 0) is 12.3 Å². The molecule has 1 saturated heterocycles. The molecule has 0 atom stereocenters. The van der Waals surface area contributed by atoms with Gasteiger partial charge in [0.2, 0.25) is 0 Å². The Balaban J connectivity index is 0.000000315. The van der Waals surface area contributed by atoms with E-state index in [1.54, 1.807) is 6.92 Å². The standard InChI is InChI=1S/C6H13F3N.H6O3Si3/c1-4-5-10(2,3)6(7,8)9;1-4-2-6-3-5-1/h4-5H2,1-3H3;4-6H2/q+1;. The van der Waals surface area contributed by atoms with Gasteiger partial charge in [0.05, 0.1) is 20.6 Å². The maximum Gasteiger partial charge on any atom is 0.560 e. The van der Waals surface area contributed by atoms with Crippen LogP contribution in [0.15, 0.2) is 0 Å². The Hall–Kier alpha value is 0.281. The van der Waals surface area contributed by atoms with Crippen molar-refractivity contribution in [3.63, 3.8) is 0 Å². The lowest BCUT2D eigenvalue weighted by Gasteiger charge is -2.30. The average Bonchev–Trinajstić information content (AvgIpc) is 2.19. The molecule has 0 aromatic carbocycles. The SMILES string of the molecule is CCC[N+](C)(C)C(F)(F)F.O1[SiH2]O[SiH2]O[SiH2]1. The molecule has 0 aromatic rings. The van der Waals surface area contributed by atoms with Crippen molar-refractivity contribution < 1.29 is 30.0 Å². The summed E-state index contributed by atoms with van der Waals surface area (Å²) in [5, 5.41) is 0.